The van der Waals surface area contributed by atoms with Gasteiger partial charge in [0.25, 0.3) is 0 Å². The minimum atomic E-state index is -4.70. The van der Waals surface area contributed by atoms with Crippen LogP contribution < -0.4 is 15.4 Å². The molecule has 1 aromatic rings. The molecule has 112 valence electrons. The van der Waals surface area contributed by atoms with Crippen molar-refractivity contribution in [2.45, 2.75) is 25.3 Å². The molecule has 1 aromatic carbocycles. The molecular formula is C13H17F3N2O2. The lowest BCUT2D eigenvalue weighted by atomic mass is 10.1. The number of methoxy groups -OCH3 is 1. The summed E-state index contributed by atoms with van der Waals surface area (Å²) in [6, 6.07) is 4.04. The largest absolute Gasteiger partial charge is 0.573 e. The molecule has 0 saturated carbocycles. The van der Waals surface area contributed by atoms with E-state index in [9.17, 15) is 13.2 Å². The van der Waals surface area contributed by atoms with Gasteiger partial charge in [0.2, 0.25) is 0 Å². The number of nitrogens with zero attached hydrogens (tertiary/aromatic N) is 1. The molecule has 1 aliphatic rings. The second kappa shape index (κ2) is 5.78. The lowest BCUT2D eigenvalue weighted by Gasteiger charge is -2.33. The van der Waals surface area contributed by atoms with Crippen molar-refractivity contribution >= 4 is 11.4 Å². The first kappa shape index (κ1) is 14.8. The lowest BCUT2D eigenvalue weighted by molar-refractivity contribution is -0.274. The van der Waals surface area contributed by atoms with Crippen LogP contribution in [-0.2, 0) is 4.74 Å². The molecule has 2 rings (SSSR count). The second-order valence-corrected chi connectivity index (χ2v) is 4.69. The van der Waals surface area contributed by atoms with Crippen molar-refractivity contribution in [1.29, 1.82) is 0 Å². The number of rotatable bonds is 3. The Balaban J connectivity index is 2.07. The van der Waals surface area contributed by atoms with Gasteiger partial charge in [-0.1, -0.05) is 0 Å². The third-order valence-electron chi connectivity index (χ3n) is 3.35. The third kappa shape index (κ3) is 3.69. The summed E-state index contributed by atoms with van der Waals surface area (Å²) >= 11 is 0. The molecule has 2 N–H and O–H groups in total. The highest BCUT2D eigenvalue weighted by atomic mass is 19.4. The number of ether oxygens (including phenoxy) is 2. The van der Waals surface area contributed by atoms with E-state index in [4.69, 9.17) is 10.5 Å². The van der Waals surface area contributed by atoms with Gasteiger partial charge in [0.05, 0.1) is 17.5 Å². The molecule has 0 amide bonds. The number of nitrogen functional groups attached to an aromatic ring is 1. The Kier molecular flexibility index (Phi) is 4.27. The zero-order valence-corrected chi connectivity index (χ0v) is 11.1. The molecule has 20 heavy (non-hydrogen) atoms. The fraction of sp³-hybridized carbons (Fsp3) is 0.538. The van der Waals surface area contributed by atoms with Gasteiger partial charge in [-0.3, -0.25) is 0 Å². The van der Waals surface area contributed by atoms with E-state index < -0.39 is 6.36 Å². The lowest BCUT2D eigenvalue weighted by Crippen LogP contribution is -2.37. The van der Waals surface area contributed by atoms with E-state index in [1.807, 2.05) is 4.90 Å². The standard InChI is InChI=1S/C13H17F3N2O2/c1-19-9-4-6-18(7-5-9)12-3-2-10(8-11(12)17)20-13(14,15)16/h2-3,8-9H,4-7,17H2,1H3. The SMILES string of the molecule is COC1CCN(c2ccc(OC(F)(F)F)cc2N)CC1. The summed E-state index contributed by atoms with van der Waals surface area (Å²) in [5.41, 5.74) is 6.83. The van der Waals surface area contributed by atoms with Gasteiger partial charge < -0.3 is 20.1 Å². The molecule has 0 unspecified atom stereocenters. The van der Waals surface area contributed by atoms with Gasteiger partial charge in [-0.15, -0.1) is 13.2 Å². The van der Waals surface area contributed by atoms with Crippen molar-refractivity contribution in [2.75, 3.05) is 30.8 Å². The summed E-state index contributed by atoms with van der Waals surface area (Å²) < 4.78 is 45.5. The quantitative estimate of drug-likeness (QED) is 0.870. The number of piperidine rings is 1. The van der Waals surface area contributed by atoms with Gasteiger partial charge in [0.1, 0.15) is 5.75 Å². The summed E-state index contributed by atoms with van der Waals surface area (Å²) in [5, 5.41) is 0. The Labute approximate surface area is 115 Å². The molecule has 0 spiro atoms. The summed E-state index contributed by atoms with van der Waals surface area (Å²) in [6.45, 7) is 1.53. The molecule has 1 saturated heterocycles. The van der Waals surface area contributed by atoms with Crippen molar-refractivity contribution in [2.24, 2.45) is 0 Å². The minimum absolute atomic E-state index is 0.236. The zero-order chi connectivity index (χ0) is 14.8. The van der Waals surface area contributed by atoms with Crippen LogP contribution in [0.15, 0.2) is 18.2 Å². The van der Waals surface area contributed by atoms with Crippen LogP contribution in [0.2, 0.25) is 0 Å². The highest BCUT2D eigenvalue weighted by Gasteiger charge is 2.31. The van der Waals surface area contributed by atoms with Crippen LogP contribution in [0.4, 0.5) is 24.5 Å². The second-order valence-electron chi connectivity index (χ2n) is 4.69. The van der Waals surface area contributed by atoms with Crippen molar-refractivity contribution in [3.05, 3.63) is 18.2 Å². The molecule has 7 heteroatoms. The van der Waals surface area contributed by atoms with E-state index in [1.165, 1.54) is 12.1 Å². The van der Waals surface area contributed by atoms with Gasteiger partial charge in [-0.2, -0.15) is 0 Å². The van der Waals surface area contributed by atoms with Gasteiger partial charge in [0, 0.05) is 26.3 Å². The molecule has 0 aliphatic carbocycles. The fourth-order valence-corrected chi connectivity index (χ4v) is 2.35. The predicted molar refractivity (Wildman–Crippen MR) is 69.8 cm³/mol. The number of hydrogen-bond donors (Lipinski definition) is 1. The number of alkyl halides is 3. The van der Waals surface area contributed by atoms with Crippen molar-refractivity contribution < 1.29 is 22.6 Å². The van der Waals surface area contributed by atoms with E-state index in [-0.39, 0.29) is 17.5 Å². The van der Waals surface area contributed by atoms with Crippen molar-refractivity contribution in [3.63, 3.8) is 0 Å². The van der Waals surface area contributed by atoms with E-state index in [0.29, 0.717) is 0 Å². The molecule has 4 nitrogen and oxygen atoms in total. The Bertz CT molecular complexity index is 457. The topological polar surface area (TPSA) is 47.7 Å². The maximum absolute atomic E-state index is 12.1. The third-order valence-corrected chi connectivity index (χ3v) is 3.35. The average Bonchev–Trinajstić information content (AvgIpc) is 2.37. The number of nitrogens with two attached hydrogens (primary N) is 1. The molecule has 0 radical (unpaired) electrons. The Morgan fingerprint density at radius 3 is 2.40 bits per heavy atom. The Morgan fingerprint density at radius 2 is 1.90 bits per heavy atom. The summed E-state index contributed by atoms with van der Waals surface area (Å²) in [7, 11) is 1.68. The summed E-state index contributed by atoms with van der Waals surface area (Å²) in [6.07, 6.45) is -2.72. The minimum Gasteiger partial charge on any atom is -0.406 e. The molecule has 0 atom stereocenters. The van der Waals surface area contributed by atoms with Crippen LogP contribution in [0.3, 0.4) is 0 Å². The van der Waals surface area contributed by atoms with Gasteiger partial charge in [-0.25, -0.2) is 0 Å². The van der Waals surface area contributed by atoms with Crippen molar-refractivity contribution in [3.8, 4) is 5.75 Å². The van der Waals surface area contributed by atoms with Crippen LogP contribution in [0.1, 0.15) is 12.8 Å². The molecule has 0 bridgehead atoms. The first-order chi connectivity index (χ1) is 9.39. The fourth-order valence-electron chi connectivity index (χ4n) is 2.35. The van der Waals surface area contributed by atoms with Crippen LogP contribution in [0.25, 0.3) is 0 Å². The Hall–Kier alpha value is -1.63. The van der Waals surface area contributed by atoms with Crippen molar-refractivity contribution in [1.82, 2.24) is 0 Å². The zero-order valence-electron chi connectivity index (χ0n) is 11.1. The van der Waals surface area contributed by atoms with E-state index in [2.05, 4.69) is 4.74 Å². The summed E-state index contributed by atoms with van der Waals surface area (Å²) in [4.78, 5) is 2.04. The molecular weight excluding hydrogens is 273 g/mol. The number of anilines is 2. The van der Waals surface area contributed by atoms with Crippen LogP contribution >= 0.6 is 0 Å². The van der Waals surface area contributed by atoms with E-state index >= 15 is 0 Å². The van der Waals surface area contributed by atoms with Gasteiger partial charge in [-0.05, 0) is 25.0 Å². The molecule has 0 aromatic heterocycles. The number of benzene rings is 1. The first-order valence-electron chi connectivity index (χ1n) is 6.32. The van der Waals surface area contributed by atoms with Gasteiger partial charge >= 0.3 is 6.36 Å². The van der Waals surface area contributed by atoms with Crippen LogP contribution in [0.5, 0.6) is 5.75 Å². The van der Waals surface area contributed by atoms with Crippen LogP contribution in [0, 0.1) is 0 Å². The monoisotopic (exact) mass is 290 g/mol. The highest BCUT2D eigenvalue weighted by molar-refractivity contribution is 5.69. The summed E-state index contributed by atoms with van der Waals surface area (Å²) in [5.74, 6) is -0.300. The smallest absolute Gasteiger partial charge is 0.406 e. The van der Waals surface area contributed by atoms with Crippen LogP contribution in [-0.4, -0.2) is 32.7 Å². The maximum atomic E-state index is 12.1. The number of halogens is 3. The number of hydrogen-bond acceptors (Lipinski definition) is 4. The normalized spacial score (nSPS) is 17.3. The average molecular weight is 290 g/mol. The van der Waals surface area contributed by atoms with E-state index in [1.54, 1.807) is 13.2 Å². The van der Waals surface area contributed by atoms with Gasteiger partial charge in [0.15, 0.2) is 0 Å². The molecule has 1 heterocycles. The maximum Gasteiger partial charge on any atom is 0.573 e. The highest BCUT2D eigenvalue weighted by Crippen LogP contribution is 2.32. The molecule has 1 fully saturated rings. The predicted octanol–water partition coefficient (Wildman–Crippen LogP) is 2.78. The Morgan fingerprint density at radius 1 is 1.25 bits per heavy atom. The first-order valence-corrected chi connectivity index (χ1v) is 6.32. The van der Waals surface area contributed by atoms with E-state index in [0.717, 1.165) is 31.6 Å². The molecule has 1 aliphatic heterocycles.